The average Bonchev–Trinajstić information content (AvgIpc) is 3.48. The number of aromatic carboxylic acids is 2. The maximum Gasteiger partial charge on any atom is 0.339 e. The Labute approximate surface area is 243 Å². The van der Waals surface area contributed by atoms with Crippen LogP contribution in [0.25, 0.3) is 22.8 Å². The second kappa shape index (κ2) is 13.0. The molecule has 220 valence electrons. The van der Waals surface area contributed by atoms with E-state index in [1.807, 2.05) is 6.92 Å². The van der Waals surface area contributed by atoms with E-state index in [4.69, 9.17) is 15.7 Å². The number of phenols is 2. The molecule has 0 aliphatic carbocycles. The van der Waals surface area contributed by atoms with E-state index in [0.29, 0.717) is 17.9 Å². The minimum absolute atomic E-state index is 0.00664. The van der Waals surface area contributed by atoms with Gasteiger partial charge in [0.15, 0.2) is 0 Å². The molecule has 43 heavy (non-hydrogen) atoms. The molecule has 1 amide bonds. The molecule has 2 aromatic carbocycles. The summed E-state index contributed by atoms with van der Waals surface area (Å²) in [5.41, 5.74) is 8.51. The zero-order chi connectivity index (χ0) is 31.1. The van der Waals surface area contributed by atoms with E-state index in [0.717, 1.165) is 12.8 Å². The first kappa shape index (κ1) is 29.9. The summed E-state index contributed by atoms with van der Waals surface area (Å²) in [5, 5.41) is 55.6. The molecule has 15 nitrogen and oxygen atoms in total. The number of hydrogen-bond acceptors (Lipinski definition) is 11. The van der Waals surface area contributed by atoms with E-state index in [1.165, 1.54) is 65.6 Å². The first-order valence-electron chi connectivity index (χ1n) is 12.8. The normalized spacial score (nSPS) is 11.1. The lowest BCUT2D eigenvalue weighted by molar-refractivity contribution is 0.0682. The molecule has 0 saturated heterocycles. The van der Waals surface area contributed by atoms with Crippen molar-refractivity contribution in [3.63, 3.8) is 0 Å². The molecule has 0 atom stereocenters. The standard InChI is InChI=1S/C28H26N8O7/c1-2-3-8-30-26(39)15-9-20(22(33-29)13-31-16-4-6-18(27(40)41)24(37)11-16)32-21(10-15)23-14-36(35-34-23)17-5-7-19(28(42)43)25(38)12-17/h4-7,9-14,29,31,37-38H,2-3,8H2,1H3,(H,30,39)(H,40,41)(H,42,43)/b22-13-,33-29?. The molecule has 0 bridgehead atoms. The number of pyridine rings is 1. The number of rotatable bonds is 12. The van der Waals surface area contributed by atoms with E-state index >= 15 is 0 Å². The van der Waals surface area contributed by atoms with Gasteiger partial charge in [0.2, 0.25) is 0 Å². The molecule has 2 heterocycles. The van der Waals surface area contributed by atoms with Gasteiger partial charge in [-0.25, -0.2) is 24.8 Å². The predicted molar refractivity (Wildman–Crippen MR) is 152 cm³/mol. The van der Waals surface area contributed by atoms with Crippen LogP contribution in [0.15, 0.2) is 66.0 Å². The minimum Gasteiger partial charge on any atom is -0.507 e. The van der Waals surface area contributed by atoms with Crippen LogP contribution < -0.4 is 10.6 Å². The summed E-state index contributed by atoms with van der Waals surface area (Å²) in [7, 11) is 0. The zero-order valence-electron chi connectivity index (χ0n) is 22.6. The number of carboxylic acids is 2. The lowest BCUT2D eigenvalue weighted by Gasteiger charge is -2.09. The van der Waals surface area contributed by atoms with Crippen LogP contribution in [0, 0.1) is 5.53 Å². The number of carbonyl (C=O) groups excluding carboxylic acids is 1. The number of aromatic hydroxyl groups is 2. The third-order valence-electron chi connectivity index (χ3n) is 6.12. The number of hydrogen-bond donors (Lipinski definition) is 7. The number of carbonyl (C=O) groups is 3. The summed E-state index contributed by atoms with van der Waals surface area (Å²) >= 11 is 0. The highest BCUT2D eigenvalue weighted by atomic mass is 16.4. The molecule has 2 aromatic heterocycles. The van der Waals surface area contributed by atoms with Gasteiger partial charge in [-0.05, 0) is 42.8 Å². The van der Waals surface area contributed by atoms with Gasteiger partial charge >= 0.3 is 11.9 Å². The van der Waals surface area contributed by atoms with Crippen molar-refractivity contribution < 1.29 is 34.8 Å². The maximum absolute atomic E-state index is 13.0. The molecule has 0 radical (unpaired) electrons. The summed E-state index contributed by atoms with van der Waals surface area (Å²) in [6.07, 6.45) is 4.41. The average molecular weight is 587 g/mol. The van der Waals surface area contributed by atoms with Crippen LogP contribution in [-0.2, 0) is 0 Å². The smallest absolute Gasteiger partial charge is 0.339 e. The number of aromatic nitrogens is 4. The Morgan fingerprint density at radius 2 is 1.67 bits per heavy atom. The molecule has 4 aromatic rings. The van der Waals surface area contributed by atoms with Gasteiger partial charge in [-0.1, -0.05) is 18.6 Å². The summed E-state index contributed by atoms with van der Waals surface area (Å²) in [6.45, 7) is 2.43. The lowest BCUT2D eigenvalue weighted by Crippen LogP contribution is -2.24. The summed E-state index contributed by atoms with van der Waals surface area (Å²) in [4.78, 5) is 39.9. The third kappa shape index (κ3) is 6.97. The number of carboxylic acid groups (broad SMARTS) is 2. The third-order valence-corrected chi connectivity index (χ3v) is 6.12. The fraction of sp³-hybridized carbons (Fsp3) is 0.143. The van der Waals surface area contributed by atoms with Crippen LogP contribution in [0.3, 0.4) is 0 Å². The molecular weight excluding hydrogens is 560 g/mol. The van der Waals surface area contributed by atoms with Gasteiger partial charge in [0.25, 0.3) is 5.91 Å². The van der Waals surface area contributed by atoms with Gasteiger partial charge in [-0.2, -0.15) is 5.11 Å². The van der Waals surface area contributed by atoms with Crippen LogP contribution >= 0.6 is 0 Å². The molecule has 0 fully saturated rings. The quantitative estimate of drug-likeness (QED) is 0.0921. The molecular formula is C28H26N8O7. The monoisotopic (exact) mass is 586 g/mol. The highest BCUT2D eigenvalue weighted by Crippen LogP contribution is 2.26. The van der Waals surface area contributed by atoms with E-state index in [9.17, 15) is 24.6 Å². The maximum atomic E-state index is 13.0. The predicted octanol–water partition coefficient (Wildman–Crippen LogP) is 4.11. The van der Waals surface area contributed by atoms with E-state index in [-0.39, 0.29) is 39.5 Å². The summed E-state index contributed by atoms with van der Waals surface area (Å²) < 4.78 is 1.29. The van der Waals surface area contributed by atoms with Crippen molar-refractivity contribution in [2.75, 3.05) is 11.9 Å². The number of amides is 1. The van der Waals surface area contributed by atoms with Gasteiger partial charge in [-0.3, -0.25) is 4.79 Å². The summed E-state index contributed by atoms with van der Waals surface area (Å²) in [5.74, 6) is -3.90. The van der Waals surface area contributed by atoms with Crippen molar-refractivity contribution in [1.29, 1.82) is 5.53 Å². The SMILES string of the molecule is CCCCNC(=O)c1cc(/C(=C/Nc2ccc(C(=O)O)c(O)c2)N=N)nc(-c2cn(-c3ccc(C(=O)O)c(O)c3)nn2)c1. The van der Waals surface area contributed by atoms with Gasteiger partial charge in [-0.15, -0.1) is 5.10 Å². The molecule has 0 aliphatic heterocycles. The Hall–Kier alpha value is -6.12. The van der Waals surface area contributed by atoms with Crippen LogP contribution in [0.5, 0.6) is 11.5 Å². The fourth-order valence-electron chi connectivity index (χ4n) is 3.87. The van der Waals surface area contributed by atoms with Crippen LogP contribution in [0.1, 0.15) is 56.5 Å². The Kier molecular flexibility index (Phi) is 9.05. The number of nitrogens with zero attached hydrogens (tertiary/aromatic N) is 5. The Morgan fingerprint density at radius 3 is 2.30 bits per heavy atom. The van der Waals surface area contributed by atoms with Crippen LogP contribution in [0.4, 0.5) is 5.69 Å². The van der Waals surface area contributed by atoms with E-state index in [1.54, 1.807) is 0 Å². The van der Waals surface area contributed by atoms with Crippen LogP contribution in [0.2, 0.25) is 0 Å². The lowest BCUT2D eigenvalue weighted by atomic mass is 10.1. The second-order valence-electron chi connectivity index (χ2n) is 9.11. The van der Waals surface area contributed by atoms with Crippen molar-refractivity contribution in [3.05, 3.63) is 83.3 Å². The van der Waals surface area contributed by atoms with Crippen molar-refractivity contribution in [2.45, 2.75) is 19.8 Å². The highest BCUT2D eigenvalue weighted by Gasteiger charge is 2.17. The topological polar surface area (TPSA) is 236 Å². The zero-order valence-corrected chi connectivity index (χ0v) is 22.6. The molecule has 7 N–H and O–H groups in total. The van der Waals surface area contributed by atoms with Crippen molar-refractivity contribution in [2.24, 2.45) is 5.11 Å². The molecule has 0 unspecified atom stereocenters. The molecule has 4 rings (SSSR count). The van der Waals surface area contributed by atoms with Gasteiger partial charge < -0.3 is 31.1 Å². The second-order valence-corrected chi connectivity index (χ2v) is 9.11. The summed E-state index contributed by atoms with van der Waals surface area (Å²) in [6, 6.07) is 10.6. The number of nitrogens with one attached hydrogen (secondary N) is 3. The Morgan fingerprint density at radius 1 is 0.977 bits per heavy atom. The molecule has 0 saturated carbocycles. The van der Waals surface area contributed by atoms with Gasteiger partial charge in [0.05, 0.1) is 23.3 Å². The van der Waals surface area contributed by atoms with Gasteiger partial charge in [0, 0.05) is 36.1 Å². The van der Waals surface area contributed by atoms with Gasteiger partial charge in [0.1, 0.15) is 34.0 Å². The number of benzene rings is 2. The first-order valence-corrected chi connectivity index (χ1v) is 12.8. The van der Waals surface area contributed by atoms with Crippen molar-refractivity contribution in [1.82, 2.24) is 25.3 Å². The first-order chi connectivity index (χ1) is 20.6. The molecule has 15 heteroatoms. The van der Waals surface area contributed by atoms with Crippen molar-refractivity contribution >= 4 is 29.2 Å². The fourth-order valence-corrected chi connectivity index (χ4v) is 3.87. The number of unbranched alkanes of at least 4 members (excludes halogenated alkanes) is 1. The van der Waals surface area contributed by atoms with E-state index < -0.39 is 29.3 Å². The Balaban J connectivity index is 1.71. The molecule has 0 spiro atoms. The molecule has 0 aliphatic rings. The Bertz CT molecular complexity index is 1750. The highest BCUT2D eigenvalue weighted by molar-refractivity contribution is 5.96. The largest absolute Gasteiger partial charge is 0.507 e. The van der Waals surface area contributed by atoms with Crippen molar-refractivity contribution in [3.8, 4) is 28.6 Å². The minimum atomic E-state index is -1.29. The van der Waals surface area contributed by atoms with Crippen LogP contribution in [-0.4, -0.2) is 64.8 Å². The van der Waals surface area contributed by atoms with E-state index in [2.05, 4.69) is 31.0 Å². The number of anilines is 1.